The maximum atomic E-state index is 12.5. The van der Waals surface area contributed by atoms with E-state index >= 15 is 0 Å². The minimum Gasteiger partial charge on any atom is -0.423 e. The molecule has 152 valence electrons. The van der Waals surface area contributed by atoms with E-state index in [0.29, 0.717) is 24.1 Å². The molecule has 2 aromatic carbocycles. The minimum atomic E-state index is -0.614. The van der Waals surface area contributed by atoms with Crippen molar-refractivity contribution in [1.29, 1.82) is 0 Å². The molecule has 1 fully saturated rings. The monoisotopic (exact) mass is 403 g/mol. The lowest BCUT2D eigenvalue weighted by Gasteiger charge is -2.30. The van der Waals surface area contributed by atoms with Gasteiger partial charge in [0, 0.05) is 25.0 Å². The van der Waals surface area contributed by atoms with E-state index in [0.717, 1.165) is 42.4 Å². The van der Waals surface area contributed by atoms with Crippen molar-refractivity contribution in [1.82, 2.24) is 10.3 Å². The van der Waals surface area contributed by atoms with Crippen LogP contribution in [0.1, 0.15) is 23.2 Å². The molecule has 1 N–H and O–H groups in total. The highest BCUT2D eigenvalue weighted by molar-refractivity contribution is 5.96. The smallest absolute Gasteiger partial charge is 0.349 e. The predicted molar refractivity (Wildman–Crippen MR) is 114 cm³/mol. The number of fused-ring (bicyclic) bond motifs is 2. The summed E-state index contributed by atoms with van der Waals surface area (Å²) in [7, 11) is 0. The number of nitrogens with zero attached hydrogens (tertiary/aromatic N) is 2. The molecule has 1 aliphatic heterocycles. The van der Waals surface area contributed by atoms with Gasteiger partial charge in [0.15, 0.2) is 5.58 Å². The van der Waals surface area contributed by atoms with Crippen molar-refractivity contribution in [3.63, 3.8) is 0 Å². The summed E-state index contributed by atoms with van der Waals surface area (Å²) < 4.78 is 11.1. The minimum absolute atomic E-state index is 0.0395. The average molecular weight is 403 g/mol. The van der Waals surface area contributed by atoms with Gasteiger partial charge >= 0.3 is 5.63 Å². The first-order valence-corrected chi connectivity index (χ1v) is 10.1. The molecule has 0 spiro atoms. The summed E-state index contributed by atoms with van der Waals surface area (Å²) in [6.45, 7) is 2.14. The molecule has 0 saturated carbocycles. The van der Waals surface area contributed by atoms with Crippen LogP contribution >= 0.6 is 0 Å². The number of nitrogens with one attached hydrogen (secondary N) is 1. The van der Waals surface area contributed by atoms with Crippen molar-refractivity contribution in [2.45, 2.75) is 12.8 Å². The van der Waals surface area contributed by atoms with E-state index in [9.17, 15) is 9.59 Å². The number of carbonyl (C=O) groups is 1. The Morgan fingerprint density at radius 1 is 1.03 bits per heavy atom. The number of oxazole rings is 1. The van der Waals surface area contributed by atoms with E-state index in [1.54, 1.807) is 18.2 Å². The van der Waals surface area contributed by atoms with Crippen LogP contribution in [0.3, 0.4) is 0 Å². The SMILES string of the molecule is O=C(NCC1CCN(c2nc3ccccc3o2)CC1)c1cc2ccccc2oc1=O. The first kappa shape index (κ1) is 18.4. The second-order valence-electron chi connectivity index (χ2n) is 7.59. The Hall–Kier alpha value is -3.61. The Bertz CT molecular complexity index is 1240. The van der Waals surface area contributed by atoms with Gasteiger partial charge in [-0.25, -0.2) is 4.79 Å². The van der Waals surface area contributed by atoms with Crippen LogP contribution in [-0.2, 0) is 0 Å². The number of carbonyl (C=O) groups excluding carboxylic acids is 1. The number of rotatable bonds is 4. The van der Waals surface area contributed by atoms with Gasteiger partial charge in [0.2, 0.25) is 0 Å². The molecule has 1 aliphatic rings. The lowest BCUT2D eigenvalue weighted by Crippen LogP contribution is -2.39. The van der Waals surface area contributed by atoms with Crippen LogP contribution in [-0.4, -0.2) is 30.5 Å². The van der Waals surface area contributed by atoms with Crippen molar-refractivity contribution in [2.75, 3.05) is 24.5 Å². The fourth-order valence-electron chi connectivity index (χ4n) is 3.88. The third-order valence-electron chi connectivity index (χ3n) is 5.60. The van der Waals surface area contributed by atoms with E-state index in [-0.39, 0.29) is 5.56 Å². The molecule has 0 radical (unpaired) electrons. The molecule has 0 aliphatic carbocycles. The zero-order valence-corrected chi connectivity index (χ0v) is 16.3. The number of hydrogen-bond acceptors (Lipinski definition) is 6. The normalized spacial score (nSPS) is 15.0. The number of para-hydroxylation sites is 3. The van der Waals surface area contributed by atoms with E-state index in [1.165, 1.54) is 0 Å². The molecular weight excluding hydrogens is 382 g/mol. The Balaban J connectivity index is 1.19. The molecule has 7 nitrogen and oxygen atoms in total. The molecule has 5 rings (SSSR count). The molecule has 4 aromatic rings. The van der Waals surface area contributed by atoms with Crippen molar-refractivity contribution < 1.29 is 13.6 Å². The average Bonchev–Trinajstić information content (AvgIpc) is 3.21. The Morgan fingerprint density at radius 3 is 2.57 bits per heavy atom. The summed E-state index contributed by atoms with van der Waals surface area (Å²) in [4.78, 5) is 31.4. The third kappa shape index (κ3) is 3.54. The summed E-state index contributed by atoms with van der Waals surface area (Å²) in [5.41, 5.74) is 1.55. The van der Waals surface area contributed by atoms with Crippen molar-refractivity contribution in [3.05, 3.63) is 70.6 Å². The van der Waals surface area contributed by atoms with Gasteiger partial charge in [-0.2, -0.15) is 4.98 Å². The summed E-state index contributed by atoms with van der Waals surface area (Å²) in [6.07, 6.45) is 1.82. The molecule has 30 heavy (non-hydrogen) atoms. The van der Waals surface area contributed by atoms with Gasteiger partial charge in [-0.05, 0) is 43.0 Å². The zero-order valence-electron chi connectivity index (χ0n) is 16.3. The Labute approximate surface area is 172 Å². The predicted octanol–water partition coefficient (Wildman–Crippen LogP) is 3.58. The molecule has 1 amide bonds. The van der Waals surface area contributed by atoms with Gasteiger partial charge < -0.3 is 19.1 Å². The fourth-order valence-corrected chi connectivity index (χ4v) is 3.88. The van der Waals surface area contributed by atoms with E-state index < -0.39 is 11.5 Å². The first-order chi connectivity index (χ1) is 14.7. The van der Waals surface area contributed by atoms with Gasteiger partial charge in [-0.3, -0.25) is 4.79 Å². The van der Waals surface area contributed by atoms with Crippen LogP contribution in [0.5, 0.6) is 0 Å². The highest BCUT2D eigenvalue weighted by Gasteiger charge is 2.23. The standard InChI is InChI=1S/C23H21N3O4/c27-21(17-13-16-5-1-3-7-19(16)29-22(17)28)24-14-15-9-11-26(12-10-15)23-25-18-6-2-4-8-20(18)30-23/h1-8,13,15H,9-12,14H2,(H,24,27). The van der Waals surface area contributed by atoms with Crippen molar-refractivity contribution >= 4 is 34.0 Å². The van der Waals surface area contributed by atoms with E-state index in [4.69, 9.17) is 8.83 Å². The van der Waals surface area contributed by atoms with Gasteiger partial charge in [-0.15, -0.1) is 0 Å². The number of anilines is 1. The number of hydrogen-bond donors (Lipinski definition) is 1. The maximum absolute atomic E-state index is 12.5. The summed E-state index contributed by atoms with van der Waals surface area (Å²) >= 11 is 0. The van der Waals surface area contributed by atoms with Gasteiger partial charge in [0.05, 0.1) is 0 Å². The Kier molecular flexibility index (Phi) is 4.71. The number of aromatic nitrogens is 1. The lowest BCUT2D eigenvalue weighted by atomic mass is 9.97. The van der Waals surface area contributed by atoms with Crippen molar-refractivity contribution in [3.8, 4) is 0 Å². The van der Waals surface area contributed by atoms with Crippen LogP contribution in [0.2, 0.25) is 0 Å². The highest BCUT2D eigenvalue weighted by Crippen LogP contribution is 2.26. The molecule has 0 unspecified atom stereocenters. The number of piperidine rings is 1. The van der Waals surface area contributed by atoms with Crippen LogP contribution in [0, 0.1) is 5.92 Å². The lowest BCUT2D eigenvalue weighted by molar-refractivity contribution is 0.0941. The van der Waals surface area contributed by atoms with E-state index in [2.05, 4.69) is 15.2 Å². The number of benzene rings is 2. The second kappa shape index (κ2) is 7.67. The maximum Gasteiger partial charge on any atom is 0.349 e. The van der Waals surface area contributed by atoms with Crippen LogP contribution in [0.25, 0.3) is 22.1 Å². The molecular formula is C23H21N3O4. The molecule has 1 saturated heterocycles. The second-order valence-corrected chi connectivity index (χ2v) is 7.59. The fraction of sp³-hybridized carbons (Fsp3) is 0.261. The van der Waals surface area contributed by atoms with E-state index in [1.807, 2.05) is 36.4 Å². The van der Waals surface area contributed by atoms with Crippen LogP contribution < -0.4 is 15.8 Å². The summed E-state index contributed by atoms with van der Waals surface area (Å²) in [6, 6.07) is 17.1. The molecule has 2 aromatic heterocycles. The molecule has 3 heterocycles. The van der Waals surface area contributed by atoms with Gasteiger partial charge in [0.1, 0.15) is 16.7 Å². The van der Waals surface area contributed by atoms with Crippen LogP contribution in [0.15, 0.2) is 68.2 Å². The quantitative estimate of drug-likeness (QED) is 0.524. The van der Waals surface area contributed by atoms with Crippen LogP contribution in [0.4, 0.5) is 6.01 Å². The third-order valence-corrected chi connectivity index (χ3v) is 5.60. The topological polar surface area (TPSA) is 88.6 Å². The molecule has 0 bridgehead atoms. The molecule has 7 heteroatoms. The Morgan fingerprint density at radius 2 is 1.77 bits per heavy atom. The first-order valence-electron chi connectivity index (χ1n) is 10.1. The zero-order chi connectivity index (χ0) is 20.5. The summed E-state index contributed by atoms with van der Waals surface area (Å²) in [5, 5.41) is 3.62. The number of amides is 1. The van der Waals surface area contributed by atoms with Crippen molar-refractivity contribution in [2.24, 2.45) is 5.92 Å². The summed E-state index contributed by atoms with van der Waals surface area (Å²) in [5.74, 6) is -0.0574. The molecule has 0 atom stereocenters. The highest BCUT2D eigenvalue weighted by atomic mass is 16.4. The van der Waals surface area contributed by atoms with Gasteiger partial charge in [-0.1, -0.05) is 30.3 Å². The largest absolute Gasteiger partial charge is 0.423 e. The van der Waals surface area contributed by atoms with Gasteiger partial charge in [0.25, 0.3) is 11.9 Å².